The summed E-state index contributed by atoms with van der Waals surface area (Å²) in [7, 11) is 0. The fourth-order valence-electron chi connectivity index (χ4n) is 0.933. The van der Waals surface area contributed by atoms with Crippen LogP contribution in [0.3, 0.4) is 0 Å². The van der Waals surface area contributed by atoms with Crippen LogP contribution in [0.15, 0.2) is 30.3 Å². The van der Waals surface area contributed by atoms with Crippen molar-refractivity contribution in [3.05, 3.63) is 35.9 Å². The first kappa shape index (κ1) is 6.96. The molecule has 0 N–H and O–H groups in total. The molecule has 1 aromatic carbocycles. The van der Waals surface area contributed by atoms with E-state index >= 15 is 0 Å². The van der Waals surface area contributed by atoms with Crippen molar-refractivity contribution in [1.29, 1.82) is 0 Å². The first-order chi connectivity index (χ1) is 4.43. The first-order valence-electron chi connectivity index (χ1n) is 3.47. The maximum absolute atomic E-state index is 2.39. The van der Waals surface area contributed by atoms with Gasteiger partial charge in [-0.2, -0.15) is 0 Å². The standard InChI is InChI=1S/C7H7.CH3.Zn/c1-7-5-3-2-4-6-7;;/h2-6H,1H2;1H3;. The van der Waals surface area contributed by atoms with Gasteiger partial charge >= 0.3 is 63.6 Å². The number of rotatable bonds is 2. The van der Waals surface area contributed by atoms with E-state index in [4.69, 9.17) is 0 Å². The SMILES string of the molecule is [CH3][Zn][CH2]c1ccccc1. The molecule has 0 amide bonds. The molecule has 44 valence electrons. The molecule has 0 nitrogen and oxygen atoms in total. The average molecular weight is 172 g/mol. The van der Waals surface area contributed by atoms with Gasteiger partial charge in [-0.1, -0.05) is 0 Å². The van der Waals surface area contributed by atoms with Crippen molar-refractivity contribution in [2.45, 2.75) is 10.5 Å². The van der Waals surface area contributed by atoms with E-state index in [2.05, 4.69) is 35.8 Å². The minimum atomic E-state index is -0.143. The van der Waals surface area contributed by atoms with E-state index in [1.165, 1.54) is 10.6 Å². The van der Waals surface area contributed by atoms with Crippen LogP contribution in [0.25, 0.3) is 0 Å². The summed E-state index contributed by atoms with van der Waals surface area (Å²) in [6, 6.07) is 10.7. The van der Waals surface area contributed by atoms with Gasteiger partial charge in [0.15, 0.2) is 0 Å². The average Bonchev–Trinajstić information content (AvgIpc) is 1.91. The van der Waals surface area contributed by atoms with Gasteiger partial charge in [0, 0.05) is 0 Å². The van der Waals surface area contributed by atoms with Crippen molar-refractivity contribution in [2.75, 3.05) is 0 Å². The summed E-state index contributed by atoms with van der Waals surface area (Å²) in [4.78, 5) is 0. The minimum absolute atomic E-state index is 0.143. The monoisotopic (exact) mass is 170 g/mol. The molecule has 1 aromatic rings. The molecule has 0 aromatic heterocycles. The van der Waals surface area contributed by atoms with Crippen molar-refractivity contribution >= 4 is 0 Å². The number of hydrogen-bond acceptors (Lipinski definition) is 0. The second-order valence-corrected chi connectivity index (χ2v) is 5.38. The fraction of sp³-hybridized carbons (Fsp3) is 0.250. The molecule has 0 atom stereocenters. The van der Waals surface area contributed by atoms with Crippen LogP contribution in [0, 0.1) is 0 Å². The van der Waals surface area contributed by atoms with Crippen LogP contribution in [-0.2, 0) is 22.1 Å². The molecular weight excluding hydrogens is 161 g/mol. The molecule has 0 unspecified atom stereocenters. The van der Waals surface area contributed by atoms with Crippen LogP contribution in [-0.4, -0.2) is 0 Å². The van der Waals surface area contributed by atoms with E-state index in [0.29, 0.717) is 0 Å². The molecule has 0 spiro atoms. The summed E-state index contributed by atoms with van der Waals surface area (Å²) in [6.45, 7) is 0. The Morgan fingerprint density at radius 1 is 1.22 bits per heavy atom. The van der Waals surface area contributed by atoms with Gasteiger partial charge in [0.05, 0.1) is 0 Å². The van der Waals surface area contributed by atoms with Gasteiger partial charge in [0.2, 0.25) is 0 Å². The third kappa shape index (κ3) is 2.28. The van der Waals surface area contributed by atoms with Crippen LogP contribution in [0.4, 0.5) is 0 Å². The predicted octanol–water partition coefficient (Wildman–Crippen LogP) is 2.32. The molecular formula is C8H10Zn. The first-order valence-corrected chi connectivity index (χ1v) is 8.54. The van der Waals surface area contributed by atoms with Crippen molar-refractivity contribution < 1.29 is 17.1 Å². The van der Waals surface area contributed by atoms with Crippen LogP contribution >= 0.6 is 0 Å². The van der Waals surface area contributed by atoms with E-state index in [1.54, 1.807) is 0 Å². The van der Waals surface area contributed by atoms with Gasteiger partial charge in [-0.25, -0.2) is 0 Å². The molecule has 0 bridgehead atoms. The molecule has 1 rings (SSSR count). The molecule has 0 radical (unpaired) electrons. The van der Waals surface area contributed by atoms with Crippen LogP contribution in [0.2, 0.25) is 5.52 Å². The fourth-order valence-corrected chi connectivity index (χ4v) is 2.84. The quantitative estimate of drug-likeness (QED) is 0.599. The van der Waals surface area contributed by atoms with Crippen LogP contribution in [0.1, 0.15) is 5.56 Å². The van der Waals surface area contributed by atoms with E-state index in [9.17, 15) is 0 Å². The number of benzene rings is 1. The molecule has 1 heteroatoms. The van der Waals surface area contributed by atoms with E-state index in [0.717, 1.165) is 0 Å². The predicted molar refractivity (Wildman–Crippen MR) is 36.0 cm³/mol. The van der Waals surface area contributed by atoms with Gasteiger partial charge in [0.25, 0.3) is 0 Å². The maximum atomic E-state index is 2.39. The summed E-state index contributed by atoms with van der Waals surface area (Å²) in [5, 5.41) is 1.40. The summed E-state index contributed by atoms with van der Waals surface area (Å²) in [5.74, 6) is 0. The Bertz CT molecular complexity index is 157. The van der Waals surface area contributed by atoms with E-state index < -0.39 is 0 Å². The second kappa shape index (κ2) is 3.79. The zero-order chi connectivity index (χ0) is 6.53. The molecule has 9 heavy (non-hydrogen) atoms. The van der Waals surface area contributed by atoms with E-state index in [1.807, 2.05) is 0 Å². The molecule has 0 aliphatic heterocycles. The van der Waals surface area contributed by atoms with Gasteiger partial charge in [-0.15, -0.1) is 0 Å². The van der Waals surface area contributed by atoms with Crippen molar-refractivity contribution in [1.82, 2.24) is 0 Å². The summed E-state index contributed by atoms with van der Waals surface area (Å²) in [5.41, 5.74) is 3.92. The third-order valence-electron chi connectivity index (χ3n) is 1.38. The Kier molecular flexibility index (Phi) is 2.93. The Labute approximate surface area is 63.9 Å². The Hall–Kier alpha value is -0.157. The Morgan fingerprint density at radius 3 is 2.44 bits per heavy atom. The summed E-state index contributed by atoms with van der Waals surface area (Å²) < 4.78 is 0. The normalized spacial score (nSPS) is 8.56. The van der Waals surface area contributed by atoms with Crippen LogP contribution in [0.5, 0.6) is 0 Å². The molecule has 0 aliphatic rings. The van der Waals surface area contributed by atoms with Gasteiger partial charge < -0.3 is 0 Å². The van der Waals surface area contributed by atoms with E-state index in [-0.39, 0.29) is 17.1 Å². The molecule has 0 saturated carbocycles. The topological polar surface area (TPSA) is 0 Å². The molecule has 0 aliphatic carbocycles. The van der Waals surface area contributed by atoms with Gasteiger partial charge in [-0.05, 0) is 0 Å². The Morgan fingerprint density at radius 2 is 1.89 bits per heavy atom. The Balaban J connectivity index is 2.61. The molecule has 0 saturated heterocycles. The zero-order valence-electron chi connectivity index (χ0n) is 5.80. The van der Waals surface area contributed by atoms with Gasteiger partial charge in [0.1, 0.15) is 0 Å². The third-order valence-corrected chi connectivity index (χ3v) is 3.64. The second-order valence-electron chi connectivity index (χ2n) is 2.24. The van der Waals surface area contributed by atoms with Crippen molar-refractivity contribution in [3.63, 3.8) is 0 Å². The van der Waals surface area contributed by atoms with Crippen molar-refractivity contribution in [3.8, 4) is 0 Å². The zero-order valence-corrected chi connectivity index (χ0v) is 8.77. The summed E-state index contributed by atoms with van der Waals surface area (Å²) in [6.07, 6.45) is 0. The van der Waals surface area contributed by atoms with Gasteiger partial charge in [-0.3, -0.25) is 0 Å². The molecule has 0 heterocycles. The van der Waals surface area contributed by atoms with Crippen molar-refractivity contribution in [2.24, 2.45) is 0 Å². The molecule has 0 fully saturated rings. The van der Waals surface area contributed by atoms with Crippen LogP contribution < -0.4 is 0 Å². The summed E-state index contributed by atoms with van der Waals surface area (Å²) >= 11 is -0.143. The number of hydrogen-bond donors (Lipinski definition) is 0.